The zero-order valence-electron chi connectivity index (χ0n) is 11.6. The predicted molar refractivity (Wildman–Crippen MR) is 86.1 cm³/mol. The smallest absolute Gasteiger partial charge is 0.0956 e. The van der Waals surface area contributed by atoms with Crippen molar-refractivity contribution in [2.24, 2.45) is 0 Å². The van der Waals surface area contributed by atoms with Gasteiger partial charge in [0, 0.05) is 35.4 Å². The fourth-order valence-corrected chi connectivity index (χ4v) is 3.22. The van der Waals surface area contributed by atoms with Crippen LogP contribution in [0.5, 0.6) is 0 Å². The highest BCUT2D eigenvalue weighted by atomic mass is 79.9. The Bertz CT molecular complexity index is 646. The molecule has 2 N–H and O–H groups in total. The number of hydrogen-bond acceptors (Lipinski definition) is 4. The van der Waals surface area contributed by atoms with Gasteiger partial charge in [-0.1, -0.05) is 0 Å². The standard InChI is InChI=1S/C15H18BrN3O/c1-9-13(5-6-20-9)19(2)14-4-3-12(17)11-7-10(16)8-18-15(11)14/h3-4,7-9,13H,5-6,17H2,1-2H3. The summed E-state index contributed by atoms with van der Waals surface area (Å²) in [6, 6.07) is 6.39. The summed E-state index contributed by atoms with van der Waals surface area (Å²) in [6.45, 7) is 2.94. The number of nitrogens with zero attached hydrogens (tertiary/aromatic N) is 2. The van der Waals surface area contributed by atoms with Gasteiger partial charge in [0.2, 0.25) is 0 Å². The Morgan fingerprint density at radius 3 is 2.95 bits per heavy atom. The maximum atomic E-state index is 6.07. The number of likely N-dealkylation sites (N-methyl/N-ethyl adjacent to an activating group) is 1. The Balaban J connectivity index is 2.09. The summed E-state index contributed by atoms with van der Waals surface area (Å²) >= 11 is 3.45. The van der Waals surface area contributed by atoms with Crippen LogP contribution in [0.4, 0.5) is 11.4 Å². The SMILES string of the molecule is CC1OCCC1N(C)c1ccc(N)c2cc(Br)cnc12. The third-order valence-corrected chi connectivity index (χ3v) is 4.48. The van der Waals surface area contributed by atoms with Gasteiger partial charge < -0.3 is 15.4 Å². The molecule has 1 aliphatic rings. The van der Waals surface area contributed by atoms with Crippen molar-refractivity contribution in [1.29, 1.82) is 0 Å². The number of ether oxygens (including phenoxy) is 1. The van der Waals surface area contributed by atoms with Gasteiger partial charge in [0.05, 0.1) is 23.3 Å². The van der Waals surface area contributed by atoms with Crippen LogP contribution in [0.25, 0.3) is 10.9 Å². The van der Waals surface area contributed by atoms with Crippen LogP contribution in [-0.2, 0) is 4.74 Å². The minimum Gasteiger partial charge on any atom is -0.398 e. The summed E-state index contributed by atoms with van der Waals surface area (Å²) in [4.78, 5) is 6.81. The molecule has 2 atom stereocenters. The Kier molecular flexibility index (Phi) is 3.56. The third-order valence-electron chi connectivity index (χ3n) is 4.04. The molecular weight excluding hydrogens is 318 g/mol. The monoisotopic (exact) mass is 335 g/mol. The van der Waals surface area contributed by atoms with E-state index in [4.69, 9.17) is 10.5 Å². The van der Waals surface area contributed by atoms with Crippen LogP contribution >= 0.6 is 15.9 Å². The first kappa shape index (κ1) is 13.6. The van der Waals surface area contributed by atoms with Gasteiger partial charge in [-0.3, -0.25) is 4.98 Å². The summed E-state index contributed by atoms with van der Waals surface area (Å²) in [7, 11) is 2.10. The molecule has 20 heavy (non-hydrogen) atoms. The molecule has 0 bridgehead atoms. The van der Waals surface area contributed by atoms with E-state index in [1.165, 1.54) is 0 Å². The maximum absolute atomic E-state index is 6.07. The second-order valence-electron chi connectivity index (χ2n) is 5.27. The third kappa shape index (κ3) is 2.25. The van der Waals surface area contributed by atoms with E-state index in [1.807, 2.05) is 24.4 Å². The van der Waals surface area contributed by atoms with Gasteiger partial charge >= 0.3 is 0 Å². The second kappa shape index (κ2) is 5.22. The molecule has 0 saturated carbocycles. The highest BCUT2D eigenvalue weighted by Gasteiger charge is 2.29. The summed E-state index contributed by atoms with van der Waals surface area (Å²) in [5.74, 6) is 0. The lowest BCUT2D eigenvalue weighted by Crippen LogP contribution is -2.36. The number of rotatable bonds is 2. The van der Waals surface area contributed by atoms with Gasteiger partial charge in [0.25, 0.3) is 0 Å². The van der Waals surface area contributed by atoms with Crippen LogP contribution in [0.2, 0.25) is 0 Å². The van der Waals surface area contributed by atoms with Gasteiger partial charge in [0.15, 0.2) is 0 Å². The van der Waals surface area contributed by atoms with E-state index in [9.17, 15) is 0 Å². The van der Waals surface area contributed by atoms with E-state index in [2.05, 4.69) is 39.8 Å². The number of nitrogen functional groups attached to an aromatic ring is 1. The van der Waals surface area contributed by atoms with Crippen LogP contribution in [-0.4, -0.2) is 30.8 Å². The minimum absolute atomic E-state index is 0.239. The minimum atomic E-state index is 0.239. The lowest BCUT2D eigenvalue weighted by atomic mass is 10.1. The average molecular weight is 336 g/mol. The van der Waals surface area contributed by atoms with E-state index in [0.717, 1.165) is 39.8 Å². The van der Waals surface area contributed by atoms with Gasteiger partial charge in [-0.25, -0.2) is 0 Å². The number of fused-ring (bicyclic) bond motifs is 1. The highest BCUT2D eigenvalue weighted by molar-refractivity contribution is 9.10. The van der Waals surface area contributed by atoms with Gasteiger partial charge in [-0.2, -0.15) is 0 Å². The molecule has 106 valence electrons. The Labute approximate surface area is 127 Å². The van der Waals surface area contributed by atoms with Crippen molar-refractivity contribution in [3.8, 4) is 0 Å². The van der Waals surface area contributed by atoms with Crippen LogP contribution in [0.3, 0.4) is 0 Å². The molecule has 5 heteroatoms. The molecule has 0 amide bonds. The first-order valence-corrected chi connectivity index (χ1v) is 7.55. The molecule has 3 rings (SSSR count). The van der Waals surface area contributed by atoms with Crippen molar-refractivity contribution in [2.45, 2.75) is 25.5 Å². The van der Waals surface area contributed by atoms with Crippen molar-refractivity contribution in [1.82, 2.24) is 4.98 Å². The summed E-state index contributed by atoms with van der Waals surface area (Å²) < 4.78 is 6.61. The molecule has 1 aliphatic heterocycles. The van der Waals surface area contributed by atoms with Gasteiger partial charge in [-0.05, 0) is 47.5 Å². The van der Waals surface area contributed by atoms with Crippen molar-refractivity contribution < 1.29 is 4.74 Å². The second-order valence-corrected chi connectivity index (χ2v) is 6.18. The molecule has 0 spiro atoms. The molecule has 1 aromatic heterocycles. The van der Waals surface area contributed by atoms with Crippen LogP contribution in [0.15, 0.2) is 28.9 Å². The fraction of sp³-hybridized carbons (Fsp3) is 0.400. The van der Waals surface area contributed by atoms with Crippen LogP contribution in [0.1, 0.15) is 13.3 Å². The normalized spacial score (nSPS) is 22.4. The van der Waals surface area contributed by atoms with Crippen LogP contribution in [0, 0.1) is 0 Å². The van der Waals surface area contributed by atoms with Gasteiger partial charge in [-0.15, -0.1) is 0 Å². The molecule has 2 unspecified atom stereocenters. The van der Waals surface area contributed by atoms with Crippen molar-refractivity contribution in [3.05, 3.63) is 28.9 Å². The fourth-order valence-electron chi connectivity index (χ4n) is 2.89. The molecule has 0 radical (unpaired) electrons. The van der Waals surface area contributed by atoms with Crippen molar-refractivity contribution in [2.75, 3.05) is 24.3 Å². The molecule has 1 fully saturated rings. The Morgan fingerprint density at radius 2 is 2.25 bits per heavy atom. The number of nitrogens with two attached hydrogens (primary N) is 1. The average Bonchev–Trinajstić information content (AvgIpc) is 2.85. The lowest BCUT2D eigenvalue weighted by molar-refractivity contribution is 0.118. The molecule has 2 aromatic rings. The van der Waals surface area contributed by atoms with E-state index >= 15 is 0 Å². The first-order chi connectivity index (χ1) is 9.58. The van der Waals surface area contributed by atoms with Gasteiger partial charge in [0.1, 0.15) is 0 Å². The molecule has 1 saturated heterocycles. The predicted octanol–water partition coefficient (Wildman–Crippen LogP) is 3.19. The summed E-state index contributed by atoms with van der Waals surface area (Å²) in [6.07, 6.45) is 3.09. The summed E-state index contributed by atoms with van der Waals surface area (Å²) in [5, 5.41) is 0.982. The highest BCUT2D eigenvalue weighted by Crippen LogP contribution is 2.33. The van der Waals surface area contributed by atoms with E-state index < -0.39 is 0 Å². The number of benzene rings is 1. The number of hydrogen-bond donors (Lipinski definition) is 1. The quantitative estimate of drug-likeness (QED) is 0.856. The largest absolute Gasteiger partial charge is 0.398 e. The molecular formula is C15H18BrN3O. The number of aromatic nitrogens is 1. The van der Waals surface area contributed by atoms with E-state index in [1.54, 1.807) is 0 Å². The lowest BCUT2D eigenvalue weighted by Gasteiger charge is -2.29. The zero-order chi connectivity index (χ0) is 14.3. The van der Waals surface area contributed by atoms with Crippen LogP contribution < -0.4 is 10.6 Å². The van der Waals surface area contributed by atoms with Crippen molar-refractivity contribution in [3.63, 3.8) is 0 Å². The topological polar surface area (TPSA) is 51.4 Å². The van der Waals surface area contributed by atoms with E-state index in [-0.39, 0.29) is 6.10 Å². The molecule has 4 nitrogen and oxygen atoms in total. The maximum Gasteiger partial charge on any atom is 0.0956 e. The van der Waals surface area contributed by atoms with E-state index in [0.29, 0.717) is 6.04 Å². The number of pyridine rings is 1. The first-order valence-electron chi connectivity index (χ1n) is 6.76. The number of anilines is 2. The Hall–Kier alpha value is -1.33. The van der Waals surface area contributed by atoms with Crippen molar-refractivity contribution >= 4 is 38.2 Å². The molecule has 1 aromatic carbocycles. The summed E-state index contributed by atoms with van der Waals surface area (Å²) in [5.41, 5.74) is 8.86. The molecule has 2 heterocycles. The Morgan fingerprint density at radius 1 is 1.45 bits per heavy atom. The zero-order valence-corrected chi connectivity index (χ0v) is 13.2. The molecule has 0 aliphatic carbocycles. The number of halogens is 1.